The lowest BCUT2D eigenvalue weighted by Crippen LogP contribution is -2.71. The third kappa shape index (κ3) is 2.48. The van der Waals surface area contributed by atoms with E-state index in [9.17, 15) is 0 Å². The highest BCUT2D eigenvalue weighted by atomic mass is 15.3. The molecule has 0 saturated carbocycles. The average Bonchev–Trinajstić information content (AvgIpc) is 3.05. The van der Waals surface area contributed by atoms with Gasteiger partial charge in [0, 0.05) is 48.4 Å². The van der Waals surface area contributed by atoms with Crippen molar-refractivity contribution in [2.45, 2.75) is 6.92 Å². The largest absolute Gasteiger partial charge is 0.368 e. The van der Waals surface area contributed by atoms with Crippen LogP contribution in [0.25, 0.3) is 28.9 Å². The zero-order valence-electron chi connectivity index (χ0n) is 16.4. The topological polar surface area (TPSA) is 49.6 Å². The summed E-state index contributed by atoms with van der Waals surface area (Å²) < 4.78 is 1.87. The molecule has 0 radical (unpaired) electrons. The Morgan fingerprint density at radius 3 is 2.54 bits per heavy atom. The molecule has 28 heavy (non-hydrogen) atoms. The number of anilines is 1. The maximum atomic E-state index is 4.76. The van der Waals surface area contributed by atoms with Crippen LogP contribution >= 0.6 is 0 Å². The van der Waals surface area contributed by atoms with Crippen molar-refractivity contribution in [2.24, 2.45) is 5.41 Å². The Morgan fingerprint density at radius 2 is 1.86 bits per heavy atom. The van der Waals surface area contributed by atoms with Crippen LogP contribution in [0, 0.1) is 12.3 Å². The summed E-state index contributed by atoms with van der Waals surface area (Å²) in [6.07, 6.45) is 9.51. The van der Waals surface area contributed by atoms with Crippen LogP contribution in [0.5, 0.6) is 0 Å². The molecule has 0 aliphatic carbocycles. The molecule has 0 amide bonds. The third-order valence-electron chi connectivity index (χ3n) is 5.87. The Labute approximate surface area is 164 Å². The molecular formula is C22H24N6. The van der Waals surface area contributed by atoms with E-state index in [-0.39, 0.29) is 0 Å². The molecule has 6 nitrogen and oxygen atoms in total. The lowest BCUT2D eigenvalue weighted by atomic mass is 9.73. The van der Waals surface area contributed by atoms with Gasteiger partial charge in [0.15, 0.2) is 5.65 Å². The van der Waals surface area contributed by atoms with Gasteiger partial charge in [-0.25, -0.2) is 9.50 Å². The normalized spacial score (nSPS) is 18.1. The summed E-state index contributed by atoms with van der Waals surface area (Å²) >= 11 is 0. The first-order valence-electron chi connectivity index (χ1n) is 9.56. The summed E-state index contributed by atoms with van der Waals surface area (Å²) in [4.78, 5) is 14.1. The highest BCUT2D eigenvalue weighted by molar-refractivity contribution is 5.86. The van der Waals surface area contributed by atoms with Gasteiger partial charge in [0.2, 0.25) is 0 Å². The van der Waals surface area contributed by atoms with Crippen molar-refractivity contribution in [3.05, 3.63) is 54.8 Å². The number of fused-ring (bicyclic) bond motifs is 1. The molecule has 2 aliphatic rings. The monoisotopic (exact) mass is 372 g/mol. The zero-order valence-corrected chi connectivity index (χ0v) is 16.4. The van der Waals surface area contributed by atoms with E-state index in [1.807, 2.05) is 29.9 Å². The molecule has 0 atom stereocenters. The Kier molecular flexibility index (Phi) is 3.67. The number of rotatable bonds is 4. The first-order valence-corrected chi connectivity index (χ1v) is 9.56. The summed E-state index contributed by atoms with van der Waals surface area (Å²) in [5, 5.41) is 4.58. The average molecular weight is 372 g/mol. The molecule has 5 rings (SSSR count). The van der Waals surface area contributed by atoms with Crippen molar-refractivity contribution in [3.8, 4) is 11.1 Å². The van der Waals surface area contributed by atoms with E-state index in [1.165, 1.54) is 13.1 Å². The number of nitrogens with zero attached hydrogens (tertiary/aromatic N) is 6. The van der Waals surface area contributed by atoms with Gasteiger partial charge in [0.05, 0.1) is 30.0 Å². The molecule has 0 bridgehead atoms. The van der Waals surface area contributed by atoms with Gasteiger partial charge in [-0.05, 0) is 31.7 Å². The van der Waals surface area contributed by atoms with Crippen LogP contribution in [0.4, 0.5) is 5.69 Å². The second-order valence-corrected chi connectivity index (χ2v) is 8.19. The summed E-state index contributed by atoms with van der Waals surface area (Å²) in [5.41, 5.74) is 7.20. The first kappa shape index (κ1) is 17.1. The van der Waals surface area contributed by atoms with Gasteiger partial charge in [-0.2, -0.15) is 5.10 Å². The highest BCUT2D eigenvalue weighted by Crippen LogP contribution is 2.41. The molecule has 3 aromatic heterocycles. The molecular weight excluding hydrogens is 348 g/mol. The number of aromatic nitrogens is 4. The van der Waals surface area contributed by atoms with E-state index >= 15 is 0 Å². The van der Waals surface area contributed by atoms with Crippen molar-refractivity contribution < 1.29 is 0 Å². The van der Waals surface area contributed by atoms with Crippen molar-refractivity contribution in [2.75, 3.05) is 38.1 Å². The Balaban J connectivity index is 1.51. The second-order valence-electron chi connectivity index (χ2n) is 8.19. The van der Waals surface area contributed by atoms with Crippen LogP contribution in [-0.2, 0) is 0 Å². The summed E-state index contributed by atoms with van der Waals surface area (Å²) in [5.74, 6) is 0. The molecule has 3 aromatic rings. The van der Waals surface area contributed by atoms with Crippen molar-refractivity contribution in [1.29, 1.82) is 0 Å². The Morgan fingerprint density at radius 1 is 1.07 bits per heavy atom. The predicted molar refractivity (Wildman–Crippen MR) is 113 cm³/mol. The maximum absolute atomic E-state index is 4.76. The van der Waals surface area contributed by atoms with E-state index < -0.39 is 0 Å². The summed E-state index contributed by atoms with van der Waals surface area (Å²) in [6.45, 7) is 14.4. The van der Waals surface area contributed by atoms with Gasteiger partial charge in [-0.15, -0.1) is 0 Å². The molecule has 2 fully saturated rings. The number of hydrogen-bond donors (Lipinski definition) is 0. The number of aryl methyl sites for hydroxylation is 1. The Hall–Kier alpha value is -2.99. The minimum absolute atomic E-state index is 0.494. The zero-order chi connectivity index (χ0) is 19.5. The second kappa shape index (κ2) is 6.01. The minimum atomic E-state index is 0.494. The number of hydrogen-bond acceptors (Lipinski definition) is 5. The fourth-order valence-electron chi connectivity index (χ4n) is 4.76. The predicted octanol–water partition coefficient (Wildman–Crippen LogP) is 3.14. The molecule has 142 valence electrons. The summed E-state index contributed by atoms with van der Waals surface area (Å²) in [7, 11) is 2.18. The lowest BCUT2D eigenvalue weighted by molar-refractivity contribution is -0.00246. The van der Waals surface area contributed by atoms with Crippen molar-refractivity contribution in [3.63, 3.8) is 0 Å². The molecule has 0 N–H and O–H groups in total. The van der Waals surface area contributed by atoms with Gasteiger partial charge in [0.1, 0.15) is 0 Å². The molecule has 6 heteroatoms. The molecule has 2 aliphatic heterocycles. The van der Waals surface area contributed by atoms with Crippen LogP contribution < -0.4 is 4.90 Å². The molecule has 1 spiro atoms. The van der Waals surface area contributed by atoms with E-state index in [0.717, 1.165) is 52.5 Å². The standard InChI is InChI=1S/C22H24N6/c1-5-17-18(7-15(3)25-20(17)6-2)19-9-24-28-10-16(8-23-21(19)28)27-13-22(14-27)11-26(4)12-22/h5-10H,1-2,11-14H2,3-4H3. The van der Waals surface area contributed by atoms with Gasteiger partial charge in [0.25, 0.3) is 0 Å². The number of likely N-dealkylation sites (tertiary alicyclic amines) is 1. The van der Waals surface area contributed by atoms with E-state index in [1.54, 1.807) is 6.08 Å². The van der Waals surface area contributed by atoms with Crippen LogP contribution in [0.1, 0.15) is 17.0 Å². The van der Waals surface area contributed by atoms with Crippen molar-refractivity contribution >= 4 is 23.5 Å². The van der Waals surface area contributed by atoms with E-state index in [4.69, 9.17) is 4.98 Å². The van der Waals surface area contributed by atoms with Crippen LogP contribution in [0.3, 0.4) is 0 Å². The maximum Gasteiger partial charge on any atom is 0.162 e. The van der Waals surface area contributed by atoms with Crippen LogP contribution in [0.2, 0.25) is 0 Å². The Bertz CT molecular complexity index is 1100. The molecule has 0 unspecified atom stereocenters. The van der Waals surface area contributed by atoms with Gasteiger partial charge in [-0.3, -0.25) is 4.98 Å². The minimum Gasteiger partial charge on any atom is -0.368 e. The van der Waals surface area contributed by atoms with E-state index in [2.05, 4.69) is 52.4 Å². The first-order chi connectivity index (χ1) is 13.5. The van der Waals surface area contributed by atoms with Crippen LogP contribution in [-0.4, -0.2) is 57.7 Å². The quantitative estimate of drug-likeness (QED) is 0.704. The van der Waals surface area contributed by atoms with E-state index in [0.29, 0.717) is 5.41 Å². The van der Waals surface area contributed by atoms with Gasteiger partial charge >= 0.3 is 0 Å². The number of pyridine rings is 1. The SMILES string of the molecule is C=Cc1nc(C)cc(-c2cnn3cc(N4CC5(CN(C)C5)C4)cnc23)c1C=C. The fourth-order valence-corrected chi connectivity index (χ4v) is 4.76. The highest BCUT2D eigenvalue weighted by Gasteiger charge is 2.50. The molecule has 5 heterocycles. The molecule has 2 saturated heterocycles. The summed E-state index contributed by atoms with van der Waals surface area (Å²) in [6, 6.07) is 2.06. The molecule has 0 aromatic carbocycles. The van der Waals surface area contributed by atoms with Gasteiger partial charge in [-0.1, -0.05) is 19.2 Å². The third-order valence-corrected chi connectivity index (χ3v) is 5.87. The lowest BCUT2D eigenvalue weighted by Gasteiger charge is -2.60. The van der Waals surface area contributed by atoms with Gasteiger partial charge < -0.3 is 9.80 Å². The smallest absolute Gasteiger partial charge is 0.162 e. The fraction of sp³-hybridized carbons (Fsp3) is 0.318. The van der Waals surface area contributed by atoms with Crippen molar-refractivity contribution in [1.82, 2.24) is 24.5 Å². The van der Waals surface area contributed by atoms with Crippen LogP contribution in [0.15, 0.2) is 37.8 Å².